The third kappa shape index (κ3) is 3.12. The van der Waals surface area contributed by atoms with Gasteiger partial charge >= 0.3 is 0 Å². The van der Waals surface area contributed by atoms with E-state index in [1.54, 1.807) is 25.4 Å². The van der Waals surface area contributed by atoms with Gasteiger partial charge in [0.1, 0.15) is 10.8 Å². The molecule has 0 radical (unpaired) electrons. The number of thiazole rings is 1. The lowest BCUT2D eigenvalue weighted by atomic mass is 10.1. The summed E-state index contributed by atoms with van der Waals surface area (Å²) in [5, 5.41) is 2.49. The first-order valence-electron chi connectivity index (χ1n) is 5.72. The van der Waals surface area contributed by atoms with Gasteiger partial charge in [0.15, 0.2) is 0 Å². The Morgan fingerprint density at radius 3 is 2.65 bits per heavy atom. The number of aromatic nitrogens is 2. The normalized spacial score (nSPS) is 12.3. The second-order valence-corrected chi connectivity index (χ2v) is 7.17. The van der Waals surface area contributed by atoms with Gasteiger partial charge < -0.3 is 5.43 Å². The minimum Gasteiger partial charge on any atom is -0.308 e. The molecule has 2 heterocycles. The maximum atomic E-state index is 12.4. The van der Waals surface area contributed by atoms with E-state index in [4.69, 9.17) is 5.84 Å². The van der Waals surface area contributed by atoms with Gasteiger partial charge in [-0.3, -0.25) is 0 Å². The van der Waals surface area contributed by atoms with Crippen LogP contribution in [0.4, 0.5) is 5.82 Å². The Morgan fingerprint density at radius 2 is 2.05 bits per heavy atom. The molecule has 0 bridgehead atoms. The Bertz CT molecular complexity index is 683. The van der Waals surface area contributed by atoms with Crippen molar-refractivity contribution in [1.29, 1.82) is 0 Å². The molecule has 2 rings (SSSR count). The lowest BCUT2D eigenvalue weighted by Gasteiger charge is -2.23. The molecule has 20 heavy (non-hydrogen) atoms. The molecule has 108 valence electrons. The van der Waals surface area contributed by atoms with E-state index in [1.807, 2.05) is 0 Å². The SMILES string of the molecule is CC(C)(NS(=O)(=O)c1ccnc(NN)c1)c1nccs1. The predicted molar refractivity (Wildman–Crippen MR) is 77.5 cm³/mol. The molecule has 0 aliphatic rings. The van der Waals surface area contributed by atoms with Crippen molar-refractivity contribution in [2.45, 2.75) is 24.3 Å². The van der Waals surface area contributed by atoms with E-state index in [0.29, 0.717) is 5.01 Å². The third-order valence-electron chi connectivity index (χ3n) is 2.55. The summed E-state index contributed by atoms with van der Waals surface area (Å²) in [5.74, 6) is 5.51. The molecule has 0 unspecified atom stereocenters. The first kappa shape index (κ1) is 14.9. The Kier molecular flexibility index (Phi) is 4.04. The third-order valence-corrected chi connectivity index (χ3v) is 5.30. The van der Waals surface area contributed by atoms with Gasteiger partial charge in [-0.25, -0.2) is 24.2 Å². The lowest BCUT2D eigenvalue weighted by Crippen LogP contribution is -2.40. The van der Waals surface area contributed by atoms with Crippen molar-refractivity contribution in [1.82, 2.24) is 14.7 Å². The fourth-order valence-electron chi connectivity index (χ4n) is 1.63. The van der Waals surface area contributed by atoms with Gasteiger partial charge in [0.25, 0.3) is 0 Å². The minimum absolute atomic E-state index is 0.0880. The number of anilines is 1. The zero-order valence-electron chi connectivity index (χ0n) is 11.0. The number of sulfonamides is 1. The van der Waals surface area contributed by atoms with Crippen LogP contribution in [0.25, 0.3) is 0 Å². The standard InChI is InChI=1S/C11H15N5O2S2/c1-11(2,10-14-5-6-19-10)16-20(17,18)8-3-4-13-9(7-8)15-12/h3-7,16H,12H2,1-2H3,(H,13,15). The van der Waals surface area contributed by atoms with E-state index in [1.165, 1.54) is 29.7 Å². The Morgan fingerprint density at radius 1 is 1.30 bits per heavy atom. The number of pyridine rings is 1. The van der Waals surface area contributed by atoms with Crippen LogP contribution in [0, 0.1) is 0 Å². The van der Waals surface area contributed by atoms with Crippen molar-refractivity contribution in [3.05, 3.63) is 34.9 Å². The molecule has 0 saturated carbocycles. The highest BCUT2D eigenvalue weighted by Gasteiger charge is 2.30. The average molecular weight is 313 g/mol. The number of rotatable bonds is 5. The summed E-state index contributed by atoms with van der Waals surface area (Å²) in [6.07, 6.45) is 3.01. The molecule has 9 heteroatoms. The van der Waals surface area contributed by atoms with Gasteiger partial charge in [0, 0.05) is 23.8 Å². The van der Waals surface area contributed by atoms with E-state index in [9.17, 15) is 8.42 Å². The predicted octanol–water partition coefficient (Wildman–Crippen LogP) is 1.04. The molecule has 0 aliphatic carbocycles. The second kappa shape index (κ2) is 5.44. The van der Waals surface area contributed by atoms with Crippen LogP contribution in [-0.2, 0) is 15.6 Å². The van der Waals surface area contributed by atoms with Crippen molar-refractivity contribution in [3.8, 4) is 0 Å². The molecule has 0 amide bonds. The van der Waals surface area contributed by atoms with Gasteiger partial charge in [-0.05, 0) is 19.9 Å². The molecule has 4 N–H and O–H groups in total. The quantitative estimate of drug-likeness (QED) is 0.562. The van der Waals surface area contributed by atoms with Crippen LogP contribution in [0.3, 0.4) is 0 Å². The monoisotopic (exact) mass is 313 g/mol. The molecular formula is C11H15N5O2S2. The number of nitrogens with one attached hydrogen (secondary N) is 2. The van der Waals surface area contributed by atoms with E-state index in [-0.39, 0.29) is 10.7 Å². The van der Waals surface area contributed by atoms with Crippen LogP contribution in [0.15, 0.2) is 34.8 Å². The lowest BCUT2D eigenvalue weighted by molar-refractivity contribution is 0.470. The van der Waals surface area contributed by atoms with Crippen molar-refractivity contribution in [2.24, 2.45) is 5.84 Å². The zero-order chi connectivity index (χ0) is 14.8. The fraction of sp³-hybridized carbons (Fsp3) is 0.273. The molecule has 0 atom stereocenters. The molecule has 0 saturated heterocycles. The highest BCUT2D eigenvalue weighted by molar-refractivity contribution is 7.89. The molecular weight excluding hydrogens is 298 g/mol. The molecule has 0 spiro atoms. The molecule has 0 aromatic carbocycles. The van der Waals surface area contributed by atoms with Gasteiger partial charge in [-0.2, -0.15) is 4.72 Å². The zero-order valence-corrected chi connectivity index (χ0v) is 12.6. The topological polar surface area (TPSA) is 110 Å². The smallest absolute Gasteiger partial charge is 0.241 e. The van der Waals surface area contributed by atoms with Gasteiger partial charge in [-0.15, -0.1) is 11.3 Å². The Balaban J connectivity index is 2.31. The van der Waals surface area contributed by atoms with E-state index < -0.39 is 15.6 Å². The summed E-state index contributed by atoms with van der Waals surface area (Å²) >= 11 is 1.39. The van der Waals surface area contributed by atoms with Crippen molar-refractivity contribution in [2.75, 3.05) is 5.43 Å². The molecule has 2 aromatic rings. The summed E-state index contributed by atoms with van der Waals surface area (Å²) < 4.78 is 27.4. The van der Waals surface area contributed by atoms with E-state index in [0.717, 1.165) is 0 Å². The molecule has 2 aromatic heterocycles. The Labute approximate surface area is 121 Å². The van der Waals surface area contributed by atoms with E-state index >= 15 is 0 Å². The number of hydrogen-bond acceptors (Lipinski definition) is 7. The molecule has 7 nitrogen and oxygen atoms in total. The van der Waals surface area contributed by atoms with Crippen LogP contribution in [0.5, 0.6) is 0 Å². The first-order valence-corrected chi connectivity index (χ1v) is 8.08. The first-order chi connectivity index (χ1) is 9.35. The summed E-state index contributed by atoms with van der Waals surface area (Å²) in [6, 6.07) is 2.77. The number of nitrogens with zero attached hydrogens (tertiary/aromatic N) is 2. The summed E-state index contributed by atoms with van der Waals surface area (Å²) in [4.78, 5) is 8.11. The van der Waals surface area contributed by atoms with Crippen LogP contribution in [-0.4, -0.2) is 18.4 Å². The highest BCUT2D eigenvalue weighted by Crippen LogP contribution is 2.25. The summed E-state index contributed by atoms with van der Waals surface area (Å²) in [5.41, 5.74) is 1.52. The van der Waals surface area contributed by atoms with Crippen molar-refractivity contribution < 1.29 is 8.42 Å². The summed E-state index contributed by atoms with van der Waals surface area (Å²) in [6.45, 7) is 3.51. The van der Waals surface area contributed by atoms with Gasteiger partial charge in [0.2, 0.25) is 10.0 Å². The second-order valence-electron chi connectivity index (χ2n) is 4.59. The van der Waals surface area contributed by atoms with E-state index in [2.05, 4.69) is 20.1 Å². The van der Waals surface area contributed by atoms with Crippen molar-refractivity contribution >= 4 is 27.2 Å². The van der Waals surface area contributed by atoms with Crippen LogP contribution in [0.2, 0.25) is 0 Å². The van der Waals surface area contributed by atoms with Crippen molar-refractivity contribution in [3.63, 3.8) is 0 Å². The Hall–Kier alpha value is -1.55. The van der Waals surface area contributed by atoms with Gasteiger partial charge in [0.05, 0.1) is 10.4 Å². The number of nitrogens with two attached hydrogens (primary N) is 1. The summed E-state index contributed by atoms with van der Waals surface area (Å²) in [7, 11) is -3.70. The molecule has 0 fully saturated rings. The maximum absolute atomic E-state index is 12.4. The van der Waals surface area contributed by atoms with Crippen LogP contribution in [0.1, 0.15) is 18.9 Å². The fourth-order valence-corrected chi connectivity index (χ4v) is 3.80. The maximum Gasteiger partial charge on any atom is 0.241 e. The largest absolute Gasteiger partial charge is 0.308 e. The average Bonchev–Trinajstić information content (AvgIpc) is 2.92. The molecule has 0 aliphatic heterocycles. The van der Waals surface area contributed by atoms with Crippen LogP contribution < -0.4 is 16.0 Å². The van der Waals surface area contributed by atoms with Crippen LogP contribution >= 0.6 is 11.3 Å². The number of hydrogen-bond donors (Lipinski definition) is 3. The number of hydrazine groups is 1. The minimum atomic E-state index is -3.70. The highest BCUT2D eigenvalue weighted by atomic mass is 32.2. The number of nitrogen functional groups attached to an aromatic ring is 1. The van der Waals surface area contributed by atoms with Gasteiger partial charge in [-0.1, -0.05) is 0 Å².